The Morgan fingerprint density at radius 1 is 1.06 bits per heavy atom. The maximum Gasteiger partial charge on any atom is 0.0458 e. The number of nitrogen functional groups attached to an aromatic ring is 1. The van der Waals surface area contributed by atoms with Gasteiger partial charge in [-0.05, 0) is 42.2 Å². The van der Waals surface area contributed by atoms with Gasteiger partial charge in [0, 0.05) is 17.1 Å². The van der Waals surface area contributed by atoms with Crippen molar-refractivity contribution in [2.24, 2.45) is 0 Å². The van der Waals surface area contributed by atoms with E-state index in [9.17, 15) is 0 Å². The fourth-order valence-corrected chi connectivity index (χ4v) is 1.99. The third-order valence-electron chi connectivity index (χ3n) is 2.95. The highest BCUT2D eigenvalue weighted by molar-refractivity contribution is 5.63. The van der Waals surface area contributed by atoms with Crippen LogP contribution in [0.25, 0.3) is 11.3 Å². The molecule has 0 atom stereocenters. The van der Waals surface area contributed by atoms with Crippen LogP contribution in [0.4, 0.5) is 5.69 Å². The van der Waals surface area contributed by atoms with Crippen molar-refractivity contribution >= 4 is 5.69 Å². The predicted molar refractivity (Wildman–Crippen MR) is 69.4 cm³/mol. The number of aromatic amines is 1. The maximum atomic E-state index is 5.68. The first-order chi connectivity index (χ1) is 7.74. The summed E-state index contributed by atoms with van der Waals surface area (Å²) in [5.74, 6) is 0. The van der Waals surface area contributed by atoms with Crippen LogP contribution in [-0.2, 0) is 12.8 Å². The molecule has 1 heterocycles. The molecule has 0 aliphatic carbocycles. The molecule has 2 rings (SSSR count). The van der Waals surface area contributed by atoms with Crippen molar-refractivity contribution in [3.63, 3.8) is 0 Å². The molecule has 0 saturated carbocycles. The van der Waals surface area contributed by atoms with Gasteiger partial charge in [-0.1, -0.05) is 26.0 Å². The number of aryl methyl sites for hydroxylation is 2. The summed E-state index contributed by atoms with van der Waals surface area (Å²) in [6.45, 7) is 4.37. The first-order valence-electron chi connectivity index (χ1n) is 5.81. The Morgan fingerprint density at radius 2 is 1.75 bits per heavy atom. The average Bonchev–Trinajstić information content (AvgIpc) is 2.73. The third kappa shape index (κ3) is 1.96. The fourth-order valence-electron chi connectivity index (χ4n) is 1.99. The summed E-state index contributed by atoms with van der Waals surface area (Å²) in [6, 6.07) is 10.2. The van der Waals surface area contributed by atoms with Crippen LogP contribution < -0.4 is 5.73 Å². The molecule has 0 saturated heterocycles. The molecule has 2 heteroatoms. The average molecular weight is 214 g/mol. The van der Waals surface area contributed by atoms with Gasteiger partial charge in [0.15, 0.2) is 0 Å². The predicted octanol–water partition coefficient (Wildman–Crippen LogP) is 3.39. The van der Waals surface area contributed by atoms with Crippen molar-refractivity contribution in [2.45, 2.75) is 26.7 Å². The van der Waals surface area contributed by atoms with E-state index >= 15 is 0 Å². The van der Waals surface area contributed by atoms with Gasteiger partial charge in [-0.15, -0.1) is 0 Å². The molecule has 3 N–H and O–H groups in total. The molecule has 1 aromatic heterocycles. The van der Waals surface area contributed by atoms with Gasteiger partial charge in [0.25, 0.3) is 0 Å². The van der Waals surface area contributed by atoms with Crippen LogP contribution in [0.1, 0.15) is 25.1 Å². The summed E-state index contributed by atoms with van der Waals surface area (Å²) >= 11 is 0. The van der Waals surface area contributed by atoms with E-state index in [2.05, 4.69) is 37.0 Å². The molecule has 0 aliphatic rings. The third-order valence-corrected chi connectivity index (χ3v) is 2.95. The number of anilines is 1. The number of rotatable bonds is 3. The Bertz CT molecular complexity index is 444. The molecule has 84 valence electrons. The Hall–Kier alpha value is -1.70. The Morgan fingerprint density at radius 3 is 2.25 bits per heavy atom. The number of hydrogen-bond donors (Lipinski definition) is 2. The number of aromatic nitrogens is 1. The van der Waals surface area contributed by atoms with Crippen LogP contribution in [-0.4, -0.2) is 4.98 Å². The second-order valence-corrected chi connectivity index (χ2v) is 4.02. The van der Waals surface area contributed by atoms with Crippen molar-refractivity contribution in [3.8, 4) is 11.3 Å². The van der Waals surface area contributed by atoms with Crippen LogP contribution >= 0.6 is 0 Å². The molecule has 2 aromatic rings. The normalized spacial score (nSPS) is 10.6. The van der Waals surface area contributed by atoms with Gasteiger partial charge < -0.3 is 10.7 Å². The zero-order chi connectivity index (χ0) is 11.5. The summed E-state index contributed by atoms with van der Waals surface area (Å²) in [4.78, 5) is 3.48. The van der Waals surface area contributed by atoms with Crippen molar-refractivity contribution in [2.75, 3.05) is 5.73 Å². The minimum Gasteiger partial charge on any atom is -0.399 e. The summed E-state index contributed by atoms with van der Waals surface area (Å²) < 4.78 is 0. The van der Waals surface area contributed by atoms with Gasteiger partial charge in [0.05, 0.1) is 0 Å². The minimum absolute atomic E-state index is 0.807. The fraction of sp³-hybridized carbons (Fsp3) is 0.286. The first kappa shape index (κ1) is 10.8. The van der Waals surface area contributed by atoms with Crippen molar-refractivity contribution < 1.29 is 0 Å². The van der Waals surface area contributed by atoms with E-state index in [1.165, 1.54) is 22.5 Å². The highest BCUT2D eigenvalue weighted by Gasteiger charge is 2.06. The standard InChI is InChI=1S/C14H18N2/c1-3-10-9-14(16-13(10)4-2)11-5-7-12(15)8-6-11/h5-9,16H,3-4,15H2,1-2H3. The quantitative estimate of drug-likeness (QED) is 0.755. The number of hydrogen-bond acceptors (Lipinski definition) is 1. The summed E-state index contributed by atoms with van der Waals surface area (Å²) in [7, 11) is 0. The van der Waals surface area contributed by atoms with Crippen molar-refractivity contribution in [1.82, 2.24) is 4.98 Å². The SMILES string of the molecule is CCc1cc(-c2ccc(N)cc2)[nH]c1CC. The summed E-state index contributed by atoms with van der Waals surface area (Å²) in [6.07, 6.45) is 2.13. The van der Waals surface area contributed by atoms with Crippen molar-refractivity contribution in [3.05, 3.63) is 41.6 Å². The second kappa shape index (κ2) is 4.44. The number of benzene rings is 1. The molecule has 0 radical (unpaired) electrons. The second-order valence-electron chi connectivity index (χ2n) is 4.02. The number of nitrogens with two attached hydrogens (primary N) is 1. The highest BCUT2D eigenvalue weighted by atomic mass is 14.7. The van der Waals surface area contributed by atoms with E-state index in [0.717, 1.165) is 18.5 Å². The van der Waals surface area contributed by atoms with Gasteiger partial charge in [-0.25, -0.2) is 0 Å². The molecule has 2 nitrogen and oxygen atoms in total. The molecule has 0 aliphatic heterocycles. The molecular formula is C14H18N2. The minimum atomic E-state index is 0.807. The van der Waals surface area contributed by atoms with E-state index in [1.807, 2.05) is 12.1 Å². The van der Waals surface area contributed by atoms with Crippen LogP contribution in [0.15, 0.2) is 30.3 Å². The van der Waals surface area contributed by atoms with Crippen LogP contribution in [0, 0.1) is 0 Å². The van der Waals surface area contributed by atoms with Crippen LogP contribution in [0.3, 0.4) is 0 Å². The van der Waals surface area contributed by atoms with Crippen LogP contribution in [0.2, 0.25) is 0 Å². The van der Waals surface area contributed by atoms with Gasteiger partial charge in [0.1, 0.15) is 0 Å². The van der Waals surface area contributed by atoms with Gasteiger partial charge >= 0.3 is 0 Å². The maximum absolute atomic E-state index is 5.68. The lowest BCUT2D eigenvalue weighted by Crippen LogP contribution is -1.86. The molecular weight excluding hydrogens is 196 g/mol. The van der Waals surface area contributed by atoms with Gasteiger partial charge in [0.2, 0.25) is 0 Å². The van der Waals surface area contributed by atoms with E-state index in [1.54, 1.807) is 0 Å². The zero-order valence-corrected chi connectivity index (χ0v) is 9.88. The molecule has 0 amide bonds. The van der Waals surface area contributed by atoms with E-state index in [-0.39, 0.29) is 0 Å². The Balaban J connectivity index is 2.40. The lowest BCUT2D eigenvalue weighted by atomic mass is 10.1. The van der Waals surface area contributed by atoms with Crippen molar-refractivity contribution in [1.29, 1.82) is 0 Å². The molecule has 16 heavy (non-hydrogen) atoms. The molecule has 0 unspecified atom stereocenters. The Kier molecular flexibility index (Phi) is 3.00. The van der Waals surface area contributed by atoms with Crippen LogP contribution in [0.5, 0.6) is 0 Å². The molecule has 0 fully saturated rings. The highest BCUT2D eigenvalue weighted by Crippen LogP contribution is 2.23. The van der Waals surface area contributed by atoms with E-state index in [4.69, 9.17) is 5.73 Å². The lowest BCUT2D eigenvalue weighted by Gasteiger charge is -1.98. The Labute approximate surface area is 96.5 Å². The lowest BCUT2D eigenvalue weighted by molar-refractivity contribution is 1.00. The summed E-state index contributed by atoms with van der Waals surface area (Å²) in [5, 5.41) is 0. The van der Waals surface area contributed by atoms with Gasteiger partial charge in [-0.3, -0.25) is 0 Å². The molecule has 0 spiro atoms. The van der Waals surface area contributed by atoms with E-state index < -0.39 is 0 Å². The topological polar surface area (TPSA) is 41.8 Å². The van der Waals surface area contributed by atoms with E-state index in [0.29, 0.717) is 0 Å². The van der Waals surface area contributed by atoms with Gasteiger partial charge in [-0.2, -0.15) is 0 Å². The monoisotopic (exact) mass is 214 g/mol. The largest absolute Gasteiger partial charge is 0.399 e. The number of H-pyrrole nitrogens is 1. The zero-order valence-electron chi connectivity index (χ0n) is 9.88. The smallest absolute Gasteiger partial charge is 0.0458 e. The summed E-state index contributed by atoms with van der Waals surface area (Å²) in [5.41, 5.74) is 11.6. The number of nitrogens with one attached hydrogen (secondary N) is 1. The first-order valence-corrected chi connectivity index (χ1v) is 5.81. The molecule has 0 bridgehead atoms. The molecule has 1 aromatic carbocycles.